The Morgan fingerprint density at radius 1 is 1.26 bits per heavy atom. The number of aromatic nitrogens is 3. The summed E-state index contributed by atoms with van der Waals surface area (Å²) in [5, 5.41) is 13.1. The molecule has 1 heterocycles. The molecule has 27 heavy (non-hydrogen) atoms. The minimum Gasteiger partial charge on any atom is -0.324 e. The highest BCUT2D eigenvalue weighted by atomic mass is 35.5. The minimum absolute atomic E-state index is 0.149. The average molecular weight is 427 g/mol. The molecule has 1 aliphatic carbocycles. The zero-order chi connectivity index (χ0) is 19.2. The minimum atomic E-state index is -0.149. The van der Waals surface area contributed by atoms with Crippen molar-refractivity contribution in [1.82, 2.24) is 14.8 Å². The van der Waals surface area contributed by atoms with E-state index in [2.05, 4.69) is 27.0 Å². The summed E-state index contributed by atoms with van der Waals surface area (Å²) in [5.41, 5.74) is 0.518. The number of anilines is 1. The van der Waals surface area contributed by atoms with Gasteiger partial charge in [-0.2, -0.15) is 0 Å². The van der Waals surface area contributed by atoms with Gasteiger partial charge in [0.25, 0.3) is 0 Å². The third-order valence-electron chi connectivity index (χ3n) is 4.86. The summed E-state index contributed by atoms with van der Waals surface area (Å²) in [6.45, 7) is 2.89. The van der Waals surface area contributed by atoms with E-state index in [1.165, 1.54) is 43.9 Å². The van der Waals surface area contributed by atoms with Crippen LogP contribution >= 0.6 is 35.0 Å². The molecule has 0 bridgehead atoms. The molecule has 8 heteroatoms. The van der Waals surface area contributed by atoms with Gasteiger partial charge in [0.1, 0.15) is 5.82 Å². The Balaban J connectivity index is 1.58. The summed E-state index contributed by atoms with van der Waals surface area (Å²) in [6.07, 6.45) is 7.52. The monoisotopic (exact) mass is 426 g/mol. The standard InChI is InChI=1S/C19H24Cl2N4OS/c1-2-25-16(11-13-7-4-3-5-8-13)23-24-19(25)27-12-17(26)22-15-10-6-9-14(20)18(15)21/h6,9-10,13H,2-5,7-8,11-12H2,1H3,(H,22,26). The molecule has 1 saturated carbocycles. The van der Waals surface area contributed by atoms with Gasteiger partial charge in [-0.3, -0.25) is 4.79 Å². The van der Waals surface area contributed by atoms with Crippen molar-refractivity contribution in [3.8, 4) is 0 Å². The van der Waals surface area contributed by atoms with Crippen LogP contribution in [0.15, 0.2) is 23.4 Å². The number of amides is 1. The Bertz CT molecular complexity index is 790. The van der Waals surface area contributed by atoms with E-state index < -0.39 is 0 Å². The van der Waals surface area contributed by atoms with E-state index >= 15 is 0 Å². The maximum absolute atomic E-state index is 12.3. The Morgan fingerprint density at radius 2 is 2.04 bits per heavy atom. The fourth-order valence-corrected chi connectivity index (χ4v) is 4.63. The molecule has 0 atom stereocenters. The lowest BCUT2D eigenvalue weighted by molar-refractivity contribution is -0.113. The molecular weight excluding hydrogens is 403 g/mol. The van der Waals surface area contributed by atoms with Crippen LogP contribution in [0, 0.1) is 5.92 Å². The SMILES string of the molecule is CCn1c(CC2CCCCC2)nnc1SCC(=O)Nc1cccc(Cl)c1Cl. The molecule has 1 N–H and O–H groups in total. The van der Waals surface area contributed by atoms with Crippen molar-refractivity contribution >= 4 is 46.6 Å². The van der Waals surface area contributed by atoms with Gasteiger partial charge in [0, 0.05) is 13.0 Å². The second-order valence-electron chi connectivity index (χ2n) is 6.79. The van der Waals surface area contributed by atoms with Gasteiger partial charge in [0.2, 0.25) is 5.91 Å². The van der Waals surface area contributed by atoms with Gasteiger partial charge >= 0.3 is 0 Å². The fourth-order valence-electron chi connectivity index (χ4n) is 3.46. The topological polar surface area (TPSA) is 59.8 Å². The van der Waals surface area contributed by atoms with Crippen LogP contribution in [-0.4, -0.2) is 26.4 Å². The van der Waals surface area contributed by atoms with E-state index in [1.807, 2.05) is 0 Å². The van der Waals surface area contributed by atoms with E-state index in [9.17, 15) is 4.79 Å². The number of hydrogen-bond donors (Lipinski definition) is 1. The van der Waals surface area contributed by atoms with Gasteiger partial charge in [0.15, 0.2) is 5.16 Å². The molecule has 1 aromatic heterocycles. The highest BCUT2D eigenvalue weighted by Gasteiger charge is 2.19. The summed E-state index contributed by atoms with van der Waals surface area (Å²) in [5.74, 6) is 1.83. The van der Waals surface area contributed by atoms with Gasteiger partial charge in [0.05, 0.1) is 21.5 Å². The van der Waals surface area contributed by atoms with Crippen molar-refractivity contribution in [2.75, 3.05) is 11.1 Å². The molecule has 0 radical (unpaired) electrons. The van der Waals surface area contributed by atoms with Crippen LogP contribution in [0.1, 0.15) is 44.9 Å². The maximum Gasteiger partial charge on any atom is 0.234 e. The predicted molar refractivity (Wildman–Crippen MR) is 112 cm³/mol. The molecule has 0 aliphatic heterocycles. The van der Waals surface area contributed by atoms with Crippen LogP contribution in [0.5, 0.6) is 0 Å². The van der Waals surface area contributed by atoms with Crippen LogP contribution in [0.25, 0.3) is 0 Å². The first-order chi connectivity index (χ1) is 13.1. The van der Waals surface area contributed by atoms with Crippen LogP contribution < -0.4 is 5.32 Å². The lowest BCUT2D eigenvalue weighted by Crippen LogP contribution is -2.16. The summed E-state index contributed by atoms with van der Waals surface area (Å²) in [7, 11) is 0. The average Bonchev–Trinajstić information content (AvgIpc) is 3.06. The van der Waals surface area contributed by atoms with Gasteiger partial charge in [-0.25, -0.2) is 0 Å². The van der Waals surface area contributed by atoms with Crippen LogP contribution in [0.3, 0.4) is 0 Å². The lowest BCUT2D eigenvalue weighted by atomic mass is 9.87. The summed E-state index contributed by atoms with van der Waals surface area (Å²) in [4.78, 5) is 12.3. The smallest absolute Gasteiger partial charge is 0.234 e. The Kier molecular flexibility index (Phi) is 7.44. The fraction of sp³-hybridized carbons (Fsp3) is 0.526. The second kappa shape index (κ2) is 9.80. The first-order valence-electron chi connectivity index (χ1n) is 9.37. The number of thioether (sulfide) groups is 1. The van der Waals surface area contributed by atoms with Crippen molar-refractivity contribution in [1.29, 1.82) is 0 Å². The molecule has 0 saturated heterocycles. The lowest BCUT2D eigenvalue weighted by Gasteiger charge is -2.21. The van der Waals surface area contributed by atoms with Crippen molar-refractivity contribution in [2.45, 2.75) is 57.1 Å². The molecule has 1 aliphatic rings. The Labute approximate surface area is 174 Å². The second-order valence-corrected chi connectivity index (χ2v) is 8.52. The normalized spacial score (nSPS) is 15.1. The number of carbonyl (C=O) groups is 1. The van der Waals surface area contributed by atoms with Gasteiger partial charge < -0.3 is 9.88 Å². The highest BCUT2D eigenvalue weighted by Crippen LogP contribution is 2.30. The van der Waals surface area contributed by atoms with Crippen molar-refractivity contribution in [3.63, 3.8) is 0 Å². The Hall–Kier alpha value is -1.24. The van der Waals surface area contributed by atoms with Gasteiger partial charge in [-0.1, -0.05) is 73.1 Å². The molecule has 1 aromatic carbocycles. The number of halogens is 2. The number of hydrogen-bond acceptors (Lipinski definition) is 4. The third-order valence-corrected chi connectivity index (χ3v) is 6.65. The van der Waals surface area contributed by atoms with Crippen molar-refractivity contribution in [2.24, 2.45) is 5.92 Å². The number of nitrogens with zero attached hydrogens (tertiary/aromatic N) is 3. The van der Waals surface area contributed by atoms with Crippen LogP contribution in [0.4, 0.5) is 5.69 Å². The predicted octanol–water partition coefficient (Wildman–Crippen LogP) is 5.46. The molecular formula is C19H24Cl2N4OS. The molecule has 5 nitrogen and oxygen atoms in total. The van der Waals surface area contributed by atoms with Crippen LogP contribution in [-0.2, 0) is 17.8 Å². The largest absolute Gasteiger partial charge is 0.324 e. The first-order valence-corrected chi connectivity index (χ1v) is 11.1. The summed E-state index contributed by atoms with van der Waals surface area (Å²) >= 11 is 13.5. The first kappa shape index (κ1) is 20.5. The number of nitrogens with one attached hydrogen (secondary N) is 1. The van der Waals surface area contributed by atoms with Gasteiger partial charge in [-0.05, 0) is 25.0 Å². The molecule has 2 aromatic rings. The molecule has 1 amide bonds. The zero-order valence-corrected chi connectivity index (χ0v) is 17.7. The van der Waals surface area contributed by atoms with E-state index in [0.717, 1.165) is 23.9 Å². The quantitative estimate of drug-likeness (QED) is 0.597. The van der Waals surface area contributed by atoms with Crippen LogP contribution in [0.2, 0.25) is 10.0 Å². The van der Waals surface area contributed by atoms with E-state index in [1.54, 1.807) is 18.2 Å². The highest BCUT2D eigenvalue weighted by molar-refractivity contribution is 7.99. The summed E-state index contributed by atoms with van der Waals surface area (Å²) < 4.78 is 2.12. The zero-order valence-electron chi connectivity index (χ0n) is 15.4. The van der Waals surface area contributed by atoms with Crippen molar-refractivity contribution in [3.05, 3.63) is 34.1 Å². The number of carbonyl (C=O) groups excluding carboxylic acids is 1. The molecule has 0 unspecified atom stereocenters. The maximum atomic E-state index is 12.3. The van der Waals surface area contributed by atoms with E-state index in [-0.39, 0.29) is 11.7 Å². The van der Waals surface area contributed by atoms with E-state index in [4.69, 9.17) is 23.2 Å². The third kappa shape index (κ3) is 5.39. The molecule has 3 rings (SSSR count). The number of rotatable bonds is 7. The molecule has 1 fully saturated rings. The summed E-state index contributed by atoms with van der Waals surface area (Å²) in [6, 6.07) is 5.17. The Morgan fingerprint density at radius 3 is 2.78 bits per heavy atom. The molecule has 146 valence electrons. The number of benzene rings is 1. The van der Waals surface area contributed by atoms with Crippen molar-refractivity contribution < 1.29 is 4.79 Å². The molecule has 0 spiro atoms. The van der Waals surface area contributed by atoms with Gasteiger partial charge in [-0.15, -0.1) is 10.2 Å². The van der Waals surface area contributed by atoms with E-state index in [0.29, 0.717) is 21.7 Å².